The molecular formula is C16H18O5. The van der Waals surface area contributed by atoms with Gasteiger partial charge in [-0.25, -0.2) is 9.59 Å². The van der Waals surface area contributed by atoms with E-state index < -0.39 is 18.0 Å². The molecular weight excluding hydrogens is 272 g/mol. The Hall–Kier alpha value is -2.30. The Morgan fingerprint density at radius 1 is 1.14 bits per heavy atom. The van der Waals surface area contributed by atoms with Crippen molar-refractivity contribution in [3.63, 3.8) is 0 Å². The fourth-order valence-electron chi connectivity index (χ4n) is 2.26. The maximum Gasteiger partial charge on any atom is 0.352 e. The predicted octanol–water partition coefficient (Wildman–Crippen LogP) is 2.35. The monoisotopic (exact) mass is 290 g/mol. The molecule has 0 amide bonds. The highest BCUT2D eigenvalue weighted by atomic mass is 16.6. The molecule has 0 unspecified atom stereocenters. The number of carbonyl (C=O) groups excluding carboxylic acids is 2. The molecule has 21 heavy (non-hydrogen) atoms. The SMILES string of the molecule is CCOC(=O)C1=C(C)c2ccccc2O[C@@H]1C(=O)OCC. The van der Waals surface area contributed by atoms with Crippen LogP contribution in [-0.4, -0.2) is 31.3 Å². The van der Waals surface area contributed by atoms with E-state index in [0.717, 1.165) is 5.56 Å². The van der Waals surface area contributed by atoms with Crippen molar-refractivity contribution in [2.24, 2.45) is 0 Å². The minimum atomic E-state index is -1.08. The number of fused-ring (bicyclic) bond motifs is 1. The lowest BCUT2D eigenvalue weighted by Crippen LogP contribution is -2.38. The molecule has 0 N–H and O–H groups in total. The van der Waals surface area contributed by atoms with Crippen LogP contribution in [0.3, 0.4) is 0 Å². The normalized spacial score (nSPS) is 16.8. The molecule has 0 aliphatic carbocycles. The van der Waals surface area contributed by atoms with E-state index in [9.17, 15) is 9.59 Å². The van der Waals surface area contributed by atoms with Crippen molar-refractivity contribution in [3.05, 3.63) is 35.4 Å². The third kappa shape index (κ3) is 2.91. The summed E-state index contributed by atoms with van der Waals surface area (Å²) in [5, 5.41) is 0. The smallest absolute Gasteiger partial charge is 0.352 e. The van der Waals surface area contributed by atoms with E-state index in [1.807, 2.05) is 18.2 Å². The van der Waals surface area contributed by atoms with Gasteiger partial charge >= 0.3 is 11.9 Å². The number of ether oxygens (including phenoxy) is 3. The Labute approximate surface area is 123 Å². The summed E-state index contributed by atoms with van der Waals surface area (Å²) in [6, 6.07) is 7.25. The zero-order chi connectivity index (χ0) is 15.4. The van der Waals surface area contributed by atoms with Crippen molar-refractivity contribution in [1.29, 1.82) is 0 Å². The molecule has 0 saturated heterocycles. The summed E-state index contributed by atoms with van der Waals surface area (Å²) in [5.41, 5.74) is 1.66. The van der Waals surface area contributed by atoms with Crippen molar-refractivity contribution in [2.75, 3.05) is 13.2 Å². The zero-order valence-electron chi connectivity index (χ0n) is 12.3. The number of carbonyl (C=O) groups is 2. The molecule has 0 fully saturated rings. The van der Waals surface area contributed by atoms with Crippen molar-refractivity contribution in [1.82, 2.24) is 0 Å². The first-order valence-corrected chi connectivity index (χ1v) is 6.90. The van der Waals surface area contributed by atoms with E-state index in [4.69, 9.17) is 14.2 Å². The number of hydrogen-bond donors (Lipinski definition) is 0. The van der Waals surface area contributed by atoms with Crippen LogP contribution in [0.15, 0.2) is 29.8 Å². The molecule has 1 heterocycles. The molecule has 0 saturated carbocycles. The molecule has 1 aliphatic rings. The van der Waals surface area contributed by atoms with Crippen LogP contribution in [-0.2, 0) is 19.1 Å². The standard InChI is InChI=1S/C16H18O5/c1-4-19-15(17)13-10(3)11-8-6-7-9-12(11)21-14(13)16(18)20-5-2/h6-9,14H,4-5H2,1-3H3/t14-/m0/s1. The van der Waals surface area contributed by atoms with Crippen molar-refractivity contribution in [2.45, 2.75) is 26.9 Å². The van der Waals surface area contributed by atoms with Gasteiger partial charge in [-0.15, -0.1) is 0 Å². The molecule has 112 valence electrons. The first-order chi connectivity index (χ1) is 10.1. The maximum absolute atomic E-state index is 12.2. The van der Waals surface area contributed by atoms with Gasteiger partial charge in [0, 0.05) is 5.56 Å². The number of rotatable bonds is 4. The van der Waals surface area contributed by atoms with Crippen molar-refractivity contribution >= 4 is 17.5 Å². The average molecular weight is 290 g/mol. The van der Waals surface area contributed by atoms with Crippen LogP contribution in [0.5, 0.6) is 5.75 Å². The third-order valence-corrected chi connectivity index (χ3v) is 3.20. The van der Waals surface area contributed by atoms with E-state index in [-0.39, 0.29) is 18.8 Å². The molecule has 0 radical (unpaired) electrons. The summed E-state index contributed by atoms with van der Waals surface area (Å²) in [5.74, 6) is -0.585. The number of hydrogen-bond acceptors (Lipinski definition) is 5. The van der Waals surface area contributed by atoms with Gasteiger partial charge in [-0.1, -0.05) is 18.2 Å². The molecule has 2 rings (SSSR count). The van der Waals surface area contributed by atoms with Crippen LogP contribution >= 0.6 is 0 Å². The van der Waals surface area contributed by atoms with Gasteiger partial charge in [0.25, 0.3) is 0 Å². The van der Waals surface area contributed by atoms with Crippen molar-refractivity contribution < 1.29 is 23.8 Å². The summed E-state index contributed by atoms with van der Waals surface area (Å²) in [7, 11) is 0. The zero-order valence-corrected chi connectivity index (χ0v) is 12.3. The van der Waals surface area contributed by atoms with Crippen LogP contribution in [0, 0.1) is 0 Å². The van der Waals surface area contributed by atoms with Gasteiger partial charge in [0.1, 0.15) is 5.75 Å². The van der Waals surface area contributed by atoms with Gasteiger partial charge in [0.05, 0.1) is 18.8 Å². The first-order valence-electron chi connectivity index (χ1n) is 6.90. The highest BCUT2D eigenvalue weighted by Gasteiger charge is 2.38. The van der Waals surface area contributed by atoms with E-state index in [1.165, 1.54) is 0 Å². The van der Waals surface area contributed by atoms with Crippen molar-refractivity contribution in [3.8, 4) is 5.75 Å². The van der Waals surface area contributed by atoms with E-state index in [0.29, 0.717) is 11.3 Å². The topological polar surface area (TPSA) is 61.8 Å². The highest BCUT2D eigenvalue weighted by molar-refractivity contribution is 6.05. The Morgan fingerprint density at radius 2 is 1.81 bits per heavy atom. The molecule has 1 aromatic carbocycles. The van der Waals surface area contributed by atoms with Crippen LogP contribution in [0.1, 0.15) is 26.3 Å². The molecule has 1 aromatic rings. The second kappa shape index (κ2) is 6.43. The fraction of sp³-hybridized carbons (Fsp3) is 0.375. The number of para-hydroxylation sites is 1. The number of benzene rings is 1. The summed E-state index contributed by atoms with van der Waals surface area (Å²) >= 11 is 0. The van der Waals surface area contributed by atoms with Gasteiger partial charge < -0.3 is 14.2 Å². The molecule has 1 atom stereocenters. The van der Waals surface area contributed by atoms with Gasteiger partial charge in [0.15, 0.2) is 0 Å². The Kier molecular flexibility index (Phi) is 4.62. The maximum atomic E-state index is 12.2. The Bertz CT molecular complexity index is 588. The lowest BCUT2D eigenvalue weighted by molar-refractivity contribution is -0.153. The lowest BCUT2D eigenvalue weighted by atomic mass is 9.94. The minimum Gasteiger partial charge on any atom is -0.473 e. The molecule has 0 aromatic heterocycles. The van der Waals surface area contributed by atoms with Gasteiger partial charge in [0.2, 0.25) is 6.10 Å². The second-order valence-corrected chi connectivity index (χ2v) is 4.51. The van der Waals surface area contributed by atoms with Gasteiger partial charge in [-0.05, 0) is 32.4 Å². The van der Waals surface area contributed by atoms with Crippen LogP contribution < -0.4 is 4.74 Å². The largest absolute Gasteiger partial charge is 0.473 e. The quantitative estimate of drug-likeness (QED) is 0.797. The average Bonchev–Trinajstić information content (AvgIpc) is 2.47. The van der Waals surface area contributed by atoms with Crippen LogP contribution in [0.25, 0.3) is 5.57 Å². The summed E-state index contributed by atoms with van der Waals surface area (Å²) in [6.45, 7) is 5.64. The molecule has 5 nitrogen and oxygen atoms in total. The number of esters is 2. The molecule has 1 aliphatic heterocycles. The summed E-state index contributed by atoms with van der Waals surface area (Å²) in [6.07, 6.45) is -1.08. The van der Waals surface area contributed by atoms with E-state index in [1.54, 1.807) is 26.8 Å². The lowest BCUT2D eigenvalue weighted by Gasteiger charge is -2.27. The summed E-state index contributed by atoms with van der Waals surface area (Å²) < 4.78 is 15.7. The Balaban J connectivity index is 2.49. The predicted molar refractivity (Wildman–Crippen MR) is 76.7 cm³/mol. The highest BCUT2D eigenvalue weighted by Crippen LogP contribution is 2.36. The van der Waals surface area contributed by atoms with E-state index >= 15 is 0 Å². The van der Waals surface area contributed by atoms with E-state index in [2.05, 4.69) is 0 Å². The minimum absolute atomic E-state index is 0.203. The van der Waals surface area contributed by atoms with Crippen LogP contribution in [0.4, 0.5) is 0 Å². The molecule has 0 spiro atoms. The Morgan fingerprint density at radius 3 is 2.48 bits per heavy atom. The molecule has 0 bridgehead atoms. The molecule has 5 heteroatoms. The van der Waals surface area contributed by atoms with Crippen LogP contribution in [0.2, 0.25) is 0 Å². The fourth-order valence-corrected chi connectivity index (χ4v) is 2.26. The number of allylic oxidation sites excluding steroid dienone is 1. The van der Waals surface area contributed by atoms with Gasteiger partial charge in [-0.2, -0.15) is 0 Å². The first kappa shape index (κ1) is 15.1. The third-order valence-electron chi connectivity index (χ3n) is 3.20. The second-order valence-electron chi connectivity index (χ2n) is 4.51. The van der Waals surface area contributed by atoms with Gasteiger partial charge in [-0.3, -0.25) is 0 Å². The summed E-state index contributed by atoms with van der Waals surface area (Å²) in [4.78, 5) is 24.3.